The molecule has 0 radical (unpaired) electrons. The molecule has 2 aromatic rings. The van der Waals surface area contributed by atoms with Gasteiger partial charge < -0.3 is 5.32 Å². The zero-order valence-corrected chi connectivity index (χ0v) is 10.00. The van der Waals surface area contributed by atoms with E-state index in [4.69, 9.17) is 0 Å². The van der Waals surface area contributed by atoms with E-state index in [0.717, 1.165) is 25.3 Å². The number of nitrogens with zero attached hydrogens (tertiary/aromatic N) is 3. The highest BCUT2D eigenvalue weighted by molar-refractivity contribution is 7.10. The molecule has 0 bridgehead atoms. The quantitative estimate of drug-likeness (QED) is 0.858. The Morgan fingerprint density at radius 2 is 2.56 bits per heavy atom. The second kappa shape index (κ2) is 3.99. The number of hydrogen-bond donors (Lipinski definition) is 1. The SMILES string of the molecule is CCn1ncnc1C1NCCc2sccc21. The van der Waals surface area contributed by atoms with Crippen molar-refractivity contribution in [2.45, 2.75) is 25.9 Å². The lowest BCUT2D eigenvalue weighted by atomic mass is 10.0. The zero-order valence-electron chi connectivity index (χ0n) is 9.18. The molecule has 3 rings (SSSR count). The smallest absolute Gasteiger partial charge is 0.148 e. The zero-order chi connectivity index (χ0) is 11.0. The predicted octanol–water partition coefficient (Wildman–Crippen LogP) is 1.59. The lowest BCUT2D eigenvalue weighted by Crippen LogP contribution is -2.31. The molecule has 1 atom stereocenters. The maximum Gasteiger partial charge on any atom is 0.148 e. The highest BCUT2D eigenvalue weighted by Gasteiger charge is 2.25. The fraction of sp³-hybridized carbons (Fsp3) is 0.455. The first-order valence-electron chi connectivity index (χ1n) is 5.57. The van der Waals surface area contributed by atoms with Crippen molar-refractivity contribution < 1.29 is 0 Å². The van der Waals surface area contributed by atoms with Gasteiger partial charge in [-0.05, 0) is 30.4 Å². The van der Waals surface area contributed by atoms with Gasteiger partial charge in [0.25, 0.3) is 0 Å². The summed E-state index contributed by atoms with van der Waals surface area (Å²) in [7, 11) is 0. The first kappa shape index (κ1) is 9.99. The molecule has 16 heavy (non-hydrogen) atoms. The standard InChI is InChI=1S/C11H14N4S/c1-2-15-11(13-7-14-15)10-8-4-6-16-9(8)3-5-12-10/h4,6-7,10,12H,2-3,5H2,1H3. The molecule has 0 saturated carbocycles. The molecule has 4 nitrogen and oxygen atoms in total. The first-order valence-corrected chi connectivity index (χ1v) is 6.45. The molecular weight excluding hydrogens is 220 g/mol. The highest BCUT2D eigenvalue weighted by atomic mass is 32.1. The van der Waals surface area contributed by atoms with E-state index in [2.05, 4.69) is 33.8 Å². The van der Waals surface area contributed by atoms with Gasteiger partial charge in [0.05, 0.1) is 6.04 Å². The van der Waals surface area contributed by atoms with Crippen LogP contribution >= 0.6 is 11.3 Å². The van der Waals surface area contributed by atoms with E-state index in [-0.39, 0.29) is 6.04 Å². The van der Waals surface area contributed by atoms with Gasteiger partial charge in [0, 0.05) is 18.0 Å². The van der Waals surface area contributed by atoms with Gasteiger partial charge in [0.1, 0.15) is 12.2 Å². The summed E-state index contributed by atoms with van der Waals surface area (Å²) in [6, 6.07) is 2.42. The lowest BCUT2D eigenvalue weighted by Gasteiger charge is -2.23. The van der Waals surface area contributed by atoms with E-state index < -0.39 is 0 Å². The van der Waals surface area contributed by atoms with Crippen molar-refractivity contribution in [1.29, 1.82) is 0 Å². The summed E-state index contributed by atoms with van der Waals surface area (Å²) >= 11 is 1.84. The minimum atomic E-state index is 0.220. The van der Waals surface area contributed by atoms with E-state index in [1.165, 1.54) is 10.4 Å². The molecule has 1 N–H and O–H groups in total. The molecule has 1 aliphatic rings. The maximum absolute atomic E-state index is 4.38. The van der Waals surface area contributed by atoms with Crippen LogP contribution in [0.1, 0.15) is 29.2 Å². The molecule has 3 heterocycles. The van der Waals surface area contributed by atoms with Gasteiger partial charge in [-0.15, -0.1) is 11.3 Å². The Morgan fingerprint density at radius 3 is 3.44 bits per heavy atom. The molecule has 2 aromatic heterocycles. The molecule has 5 heteroatoms. The minimum Gasteiger partial charge on any atom is -0.303 e. The third-order valence-corrected chi connectivity index (χ3v) is 3.99. The number of hydrogen-bond acceptors (Lipinski definition) is 4. The molecule has 0 saturated heterocycles. The van der Waals surface area contributed by atoms with Gasteiger partial charge in [-0.1, -0.05) is 0 Å². The summed E-state index contributed by atoms with van der Waals surface area (Å²) in [6.45, 7) is 3.98. The summed E-state index contributed by atoms with van der Waals surface area (Å²) in [5.74, 6) is 1.03. The Balaban J connectivity index is 2.04. The van der Waals surface area contributed by atoms with Crippen LogP contribution in [-0.4, -0.2) is 21.3 Å². The Hall–Kier alpha value is -1.20. The topological polar surface area (TPSA) is 42.7 Å². The molecule has 1 aliphatic heterocycles. The van der Waals surface area contributed by atoms with E-state index in [1.54, 1.807) is 6.33 Å². The molecule has 84 valence electrons. The third-order valence-electron chi connectivity index (χ3n) is 2.99. The fourth-order valence-electron chi connectivity index (χ4n) is 2.22. The number of aromatic nitrogens is 3. The van der Waals surface area contributed by atoms with Crippen LogP contribution in [0.2, 0.25) is 0 Å². The number of aryl methyl sites for hydroxylation is 1. The predicted molar refractivity (Wildman–Crippen MR) is 63.6 cm³/mol. The van der Waals surface area contributed by atoms with Crippen LogP contribution < -0.4 is 5.32 Å². The number of nitrogens with one attached hydrogen (secondary N) is 1. The van der Waals surface area contributed by atoms with Gasteiger partial charge in [-0.25, -0.2) is 9.67 Å². The van der Waals surface area contributed by atoms with Crippen molar-refractivity contribution >= 4 is 11.3 Å². The normalized spacial score (nSPS) is 19.7. The van der Waals surface area contributed by atoms with Gasteiger partial charge >= 0.3 is 0 Å². The molecule has 0 aliphatic carbocycles. The van der Waals surface area contributed by atoms with E-state index in [9.17, 15) is 0 Å². The van der Waals surface area contributed by atoms with Gasteiger partial charge in [-0.3, -0.25) is 0 Å². The van der Waals surface area contributed by atoms with E-state index in [0.29, 0.717) is 0 Å². The van der Waals surface area contributed by atoms with E-state index in [1.807, 2.05) is 16.0 Å². The highest BCUT2D eigenvalue weighted by Crippen LogP contribution is 2.30. The summed E-state index contributed by atoms with van der Waals surface area (Å²) < 4.78 is 1.96. The minimum absolute atomic E-state index is 0.220. The summed E-state index contributed by atoms with van der Waals surface area (Å²) in [5, 5.41) is 9.92. The van der Waals surface area contributed by atoms with Crippen LogP contribution in [0, 0.1) is 0 Å². The molecule has 1 unspecified atom stereocenters. The van der Waals surface area contributed by atoms with E-state index >= 15 is 0 Å². The summed E-state index contributed by atoms with van der Waals surface area (Å²) in [6.07, 6.45) is 2.77. The largest absolute Gasteiger partial charge is 0.303 e. The fourth-order valence-corrected chi connectivity index (χ4v) is 3.14. The average molecular weight is 234 g/mol. The first-order chi connectivity index (χ1) is 7.90. The van der Waals surface area contributed by atoms with Crippen molar-refractivity contribution in [2.24, 2.45) is 0 Å². The van der Waals surface area contributed by atoms with Crippen LogP contribution in [0.5, 0.6) is 0 Å². The van der Waals surface area contributed by atoms with Crippen LogP contribution in [-0.2, 0) is 13.0 Å². The van der Waals surface area contributed by atoms with Gasteiger partial charge in [-0.2, -0.15) is 5.10 Å². The number of fused-ring (bicyclic) bond motifs is 1. The monoisotopic (exact) mass is 234 g/mol. The number of thiophene rings is 1. The molecule has 0 fully saturated rings. The van der Waals surface area contributed by atoms with Crippen LogP contribution in [0.15, 0.2) is 17.8 Å². The van der Waals surface area contributed by atoms with Crippen LogP contribution in [0.25, 0.3) is 0 Å². The van der Waals surface area contributed by atoms with Crippen molar-refractivity contribution in [3.05, 3.63) is 34.0 Å². The summed E-state index contributed by atoms with van der Waals surface area (Å²) in [5.41, 5.74) is 1.37. The van der Waals surface area contributed by atoms with Crippen molar-refractivity contribution in [3.8, 4) is 0 Å². The van der Waals surface area contributed by atoms with Crippen molar-refractivity contribution in [1.82, 2.24) is 20.1 Å². The molecular formula is C11H14N4S. The Bertz CT molecular complexity index is 488. The van der Waals surface area contributed by atoms with Crippen LogP contribution in [0.3, 0.4) is 0 Å². The molecule has 0 spiro atoms. The second-order valence-corrected chi connectivity index (χ2v) is 4.87. The number of rotatable bonds is 2. The lowest BCUT2D eigenvalue weighted by molar-refractivity contribution is 0.504. The van der Waals surface area contributed by atoms with Crippen molar-refractivity contribution in [3.63, 3.8) is 0 Å². The third kappa shape index (κ3) is 1.47. The molecule has 0 aromatic carbocycles. The van der Waals surface area contributed by atoms with Gasteiger partial charge in [0.15, 0.2) is 0 Å². The van der Waals surface area contributed by atoms with Crippen molar-refractivity contribution in [2.75, 3.05) is 6.54 Å². The maximum atomic E-state index is 4.38. The summed E-state index contributed by atoms with van der Waals surface area (Å²) in [4.78, 5) is 5.86. The van der Waals surface area contributed by atoms with Gasteiger partial charge in [0.2, 0.25) is 0 Å². The Kier molecular flexibility index (Phi) is 2.49. The second-order valence-electron chi connectivity index (χ2n) is 3.87. The Morgan fingerprint density at radius 1 is 1.62 bits per heavy atom. The average Bonchev–Trinajstić information content (AvgIpc) is 2.96. The van der Waals surface area contributed by atoms with Crippen LogP contribution in [0.4, 0.5) is 0 Å². The molecule has 0 amide bonds. The Labute approximate surface area is 98.3 Å².